The average Bonchev–Trinajstić information content (AvgIpc) is 2.10. The van der Waals surface area contributed by atoms with Gasteiger partial charge < -0.3 is 14.8 Å². The van der Waals surface area contributed by atoms with Crippen LogP contribution in [0.4, 0.5) is 0 Å². The van der Waals surface area contributed by atoms with Crippen LogP contribution in [0, 0.1) is 0 Å². The minimum atomic E-state index is 0.195. The van der Waals surface area contributed by atoms with Crippen LogP contribution in [0.1, 0.15) is 48.0 Å². The SMILES string of the molecule is CC(C)OCCOC(C)CCNC(C)(C)C. The van der Waals surface area contributed by atoms with Crippen LogP contribution in [0.3, 0.4) is 0 Å². The molecular formula is C13H29NO2. The molecule has 1 atom stereocenters. The summed E-state index contributed by atoms with van der Waals surface area (Å²) in [5.41, 5.74) is 0.195. The maximum Gasteiger partial charge on any atom is 0.0704 e. The van der Waals surface area contributed by atoms with Crippen molar-refractivity contribution in [3.63, 3.8) is 0 Å². The Hall–Kier alpha value is -0.120. The third-order valence-electron chi connectivity index (χ3n) is 2.14. The number of rotatable bonds is 8. The molecule has 0 aromatic rings. The van der Waals surface area contributed by atoms with E-state index < -0.39 is 0 Å². The zero-order chi connectivity index (χ0) is 12.6. The number of ether oxygens (including phenoxy) is 2. The van der Waals surface area contributed by atoms with Gasteiger partial charge in [0.1, 0.15) is 0 Å². The Morgan fingerprint density at radius 3 is 2.06 bits per heavy atom. The first kappa shape index (κ1) is 15.9. The average molecular weight is 231 g/mol. The smallest absolute Gasteiger partial charge is 0.0704 e. The van der Waals surface area contributed by atoms with Crippen LogP contribution in [0.25, 0.3) is 0 Å². The van der Waals surface area contributed by atoms with Crippen LogP contribution in [0.2, 0.25) is 0 Å². The summed E-state index contributed by atoms with van der Waals surface area (Å²) < 4.78 is 11.1. The quantitative estimate of drug-likeness (QED) is 0.651. The van der Waals surface area contributed by atoms with E-state index in [1.165, 1.54) is 0 Å². The van der Waals surface area contributed by atoms with Crippen molar-refractivity contribution < 1.29 is 9.47 Å². The summed E-state index contributed by atoms with van der Waals surface area (Å²) in [5, 5.41) is 3.45. The monoisotopic (exact) mass is 231 g/mol. The fourth-order valence-corrected chi connectivity index (χ4v) is 1.27. The number of hydrogen-bond acceptors (Lipinski definition) is 3. The van der Waals surface area contributed by atoms with Crippen LogP contribution >= 0.6 is 0 Å². The lowest BCUT2D eigenvalue weighted by atomic mass is 10.1. The first-order valence-electron chi connectivity index (χ1n) is 6.29. The molecule has 0 aliphatic carbocycles. The van der Waals surface area contributed by atoms with Crippen LogP contribution < -0.4 is 5.32 Å². The summed E-state index contributed by atoms with van der Waals surface area (Å²) in [5.74, 6) is 0. The summed E-state index contributed by atoms with van der Waals surface area (Å²) in [6, 6.07) is 0. The Labute approximate surface area is 101 Å². The molecule has 98 valence electrons. The summed E-state index contributed by atoms with van der Waals surface area (Å²) >= 11 is 0. The van der Waals surface area contributed by atoms with Gasteiger partial charge in [-0.3, -0.25) is 0 Å². The van der Waals surface area contributed by atoms with Gasteiger partial charge in [-0.15, -0.1) is 0 Å². The summed E-state index contributed by atoms with van der Waals surface area (Å²) in [4.78, 5) is 0. The van der Waals surface area contributed by atoms with E-state index in [1.54, 1.807) is 0 Å². The van der Waals surface area contributed by atoms with E-state index in [-0.39, 0.29) is 5.54 Å². The molecule has 0 radical (unpaired) electrons. The molecule has 0 aliphatic heterocycles. The fraction of sp³-hybridized carbons (Fsp3) is 1.00. The van der Waals surface area contributed by atoms with Crippen molar-refractivity contribution in [1.29, 1.82) is 0 Å². The Bertz CT molecular complexity index is 164. The van der Waals surface area contributed by atoms with Crippen LogP contribution in [-0.4, -0.2) is 37.5 Å². The van der Waals surface area contributed by atoms with E-state index in [9.17, 15) is 0 Å². The Morgan fingerprint density at radius 1 is 1.00 bits per heavy atom. The van der Waals surface area contributed by atoms with Gasteiger partial charge in [0.25, 0.3) is 0 Å². The molecule has 0 saturated carbocycles. The van der Waals surface area contributed by atoms with E-state index in [2.05, 4.69) is 33.0 Å². The normalized spacial score (nSPS) is 14.4. The lowest BCUT2D eigenvalue weighted by Gasteiger charge is -2.22. The molecule has 0 rings (SSSR count). The highest BCUT2D eigenvalue weighted by Crippen LogP contribution is 2.01. The second kappa shape index (κ2) is 8.04. The van der Waals surface area contributed by atoms with E-state index in [1.807, 2.05) is 13.8 Å². The van der Waals surface area contributed by atoms with Crippen molar-refractivity contribution >= 4 is 0 Å². The van der Waals surface area contributed by atoms with Gasteiger partial charge in [0.2, 0.25) is 0 Å². The largest absolute Gasteiger partial charge is 0.376 e. The third-order valence-corrected chi connectivity index (χ3v) is 2.14. The first-order valence-corrected chi connectivity index (χ1v) is 6.29. The van der Waals surface area contributed by atoms with Gasteiger partial charge in [-0.05, 0) is 54.5 Å². The Morgan fingerprint density at radius 2 is 1.56 bits per heavy atom. The predicted octanol–water partition coefficient (Wildman–Crippen LogP) is 2.59. The van der Waals surface area contributed by atoms with E-state index in [0.717, 1.165) is 13.0 Å². The maximum absolute atomic E-state index is 5.64. The molecule has 16 heavy (non-hydrogen) atoms. The van der Waals surface area contributed by atoms with Crippen LogP contribution in [-0.2, 0) is 9.47 Å². The molecule has 0 amide bonds. The lowest BCUT2D eigenvalue weighted by Crippen LogP contribution is -2.37. The van der Waals surface area contributed by atoms with Crippen LogP contribution in [0.15, 0.2) is 0 Å². The lowest BCUT2D eigenvalue weighted by molar-refractivity contribution is -0.00904. The topological polar surface area (TPSA) is 30.5 Å². The van der Waals surface area contributed by atoms with Crippen molar-refractivity contribution in [2.75, 3.05) is 19.8 Å². The number of nitrogens with one attached hydrogen (secondary N) is 1. The molecule has 0 spiro atoms. The summed E-state index contributed by atoms with van der Waals surface area (Å²) in [6.45, 7) is 15.1. The molecule has 0 heterocycles. The van der Waals surface area contributed by atoms with Gasteiger partial charge in [0.05, 0.1) is 25.4 Å². The molecule has 0 aliphatic rings. The second-order valence-electron chi connectivity index (χ2n) is 5.57. The van der Waals surface area contributed by atoms with Crippen molar-refractivity contribution in [1.82, 2.24) is 5.32 Å². The highest BCUT2D eigenvalue weighted by Gasteiger charge is 2.09. The Balaban J connectivity index is 3.35. The molecule has 0 saturated heterocycles. The summed E-state index contributed by atoms with van der Waals surface area (Å²) in [6.07, 6.45) is 1.63. The van der Waals surface area contributed by atoms with Crippen LogP contribution in [0.5, 0.6) is 0 Å². The second-order valence-corrected chi connectivity index (χ2v) is 5.57. The molecule has 0 bridgehead atoms. The van der Waals surface area contributed by atoms with Crippen molar-refractivity contribution in [3.8, 4) is 0 Å². The predicted molar refractivity (Wildman–Crippen MR) is 68.9 cm³/mol. The van der Waals surface area contributed by atoms with Gasteiger partial charge in [0.15, 0.2) is 0 Å². The van der Waals surface area contributed by atoms with Gasteiger partial charge in [-0.1, -0.05) is 0 Å². The van der Waals surface area contributed by atoms with Gasteiger partial charge in [-0.25, -0.2) is 0 Å². The molecule has 0 fully saturated rings. The van der Waals surface area contributed by atoms with Gasteiger partial charge in [-0.2, -0.15) is 0 Å². The van der Waals surface area contributed by atoms with E-state index >= 15 is 0 Å². The van der Waals surface area contributed by atoms with E-state index in [0.29, 0.717) is 25.4 Å². The summed E-state index contributed by atoms with van der Waals surface area (Å²) in [7, 11) is 0. The molecule has 1 unspecified atom stereocenters. The first-order chi connectivity index (χ1) is 7.31. The van der Waals surface area contributed by atoms with Crippen molar-refractivity contribution in [2.24, 2.45) is 0 Å². The van der Waals surface area contributed by atoms with Crippen molar-refractivity contribution in [2.45, 2.75) is 65.7 Å². The fourth-order valence-electron chi connectivity index (χ4n) is 1.27. The molecule has 3 nitrogen and oxygen atoms in total. The zero-order valence-electron chi connectivity index (χ0n) is 11.8. The van der Waals surface area contributed by atoms with Crippen molar-refractivity contribution in [3.05, 3.63) is 0 Å². The molecular weight excluding hydrogens is 202 g/mol. The van der Waals surface area contributed by atoms with E-state index in [4.69, 9.17) is 9.47 Å². The molecule has 0 aromatic carbocycles. The van der Waals surface area contributed by atoms with Gasteiger partial charge in [0, 0.05) is 5.54 Å². The number of hydrogen-bond donors (Lipinski definition) is 1. The molecule has 1 N–H and O–H groups in total. The standard InChI is InChI=1S/C13H29NO2/c1-11(2)15-9-10-16-12(3)7-8-14-13(4,5)6/h11-12,14H,7-10H2,1-6H3. The van der Waals surface area contributed by atoms with Gasteiger partial charge >= 0.3 is 0 Å². The highest BCUT2D eigenvalue weighted by molar-refractivity contribution is 4.70. The molecule has 0 aromatic heterocycles. The molecule has 3 heteroatoms. The maximum atomic E-state index is 5.64. The third kappa shape index (κ3) is 12.0. The minimum Gasteiger partial charge on any atom is -0.376 e. The zero-order valence-corrected chi connectivity index (χ0v) is 11.8. The Kier molecular flexibility index (Phi) is 7.98. The highest BCUT2D eigenvalue weighted by atomic mass is 16.5. The minimum absolute atomic E-state index is 0.195.